The number of benzene rings is 2. The molecule has 3 aliphatic heterocycles. The highest BCUT2D eigenvalue weighted by atomic mass is 35.5. The standard InChI is InChI=1S/C26H25ClN2O5/c1-32-21-13-17(4-6-19(21)25(31)15-33-16-25)24(30)28-11-8-26(9-12-28)23-3-2-10-29(23)20-7-5-18(27)14-22(20)34-26/h2-7,10,13-14,31H,8-9,11-12,15-16H2,1H3. The van der Waals surface area contributed by atoms with Crippen molar-refractivity contribution in [1.29, 1.82) is 0 Å². The van der Waals surface area contributed by atoms with Crippen LogP contribution in [0.1, 0.15) is 34.5 Å². The molecule has 2 saturated heterocycles. The van der Waals surface area contributed by atoms with Gasteiger partial charge < -0.3 is 28.8 Å². The van der Waals surface area contributed by atoms with Gasteiger partial charge in [0, 0.05) is 54.3 Å². The Morgan fingerprint density at radius 1 is 1.12 bits per heavy atom. The summed E-state index contributed by atoms with van der Waals surface area (Å²) in [7, 11) is 1.54. The first-order chi connectivity index (χ1) is 16.4. The number of aliphatic hydroxyl groups is 1. The number of fused-ring (bicyclic) bond motifs is 4. The van der Waals surface area contributed by atoms with Gasteiger partial charge in [0.2, 0.25) is 0 Å². The van der Waals surface area contributed by atoms with Crippen molar-refractivity contribution < 1.29 is 24.1 Å². The van der Waals surface area contributed by atoms with E-state index in [1.807, 2.05) is 35.4 Å². The van der Waals surface area contributed by atoms with Gasteiger partial charge in [0.15, 0.2) is 5.60 Å². The molecule has 176 valence electrons. The molecule has 2 fully saturated rings. The second-order valence-electron chi connectivity index (χ2n) is 9.20. The number of likely N-dealkylation sites (tertiary alicyclic amines) is 1. The first kappa shape index (κ1) is 21.5. The Bertz CT molecular complexity index is 1270. The zero-order valence-electron chi connectivity index (χ0n) is 18.8. The smallest absolute Gasteiger partial charge is 0.253 e. The highest BCUT2D eigenvalue weighted by Gasteiger charge is 2.45. The largest absolute Gasteiger partial charge is 0.496 e. The molecule has 7 nitrogen and oxygen atoms in total. The maximum Gasteiger partial charge on any atom is 0.253 e. The normalized spacial score (nSPS) is 19.6. The van der Waals surface area contributed by atoms with Crippen LogP contribution in [0.3, 0.4) is 0 Å². The van der Waals surface area contributed by atoms with Gasteiger partial charge in [0.1, 0.15) is 17.1 Å². The van der Waals surface area contributed by atoms with Crippen LogP contribution in [-0.2, 0) is 15.9 Å². The third-order valence-corrected chi connectivity index (χ3v) is 7.43. The number of ether oxygens (including phenoxy) is 3. The predicted octanol–water partition coefficient (Wildman–Crippen LogP) is 3.88. The number of piperidine rings is 1. The minimum Gasteiger partial charge on any atom is -0.496 e. The van der Waals surface area contributed by atoms with Gasteiger partial charge in [-0.25, -0.2) is 0 Å². The van der Waals surface area contributed by atoms with Crippen molar-refractivity contribution in [3.05, 3.63) is 76.6 Å². The van der Waals surface area contributed by atoms with E-state index in [9.17, 15) is 9.90 Å². The van der Waals surface area contributed by atoms with Gasteiger partial charge in [-0.2, -0.15) is 0 Å². The van der Waals surface area contributed by atoms with Crippen molar-refractivity contribution in [1.82, 2.24) is 9.47 Å². The molecule has 8 heteroatoms. The Hall–Kier alpha value is -3.00. The van der Waals surface area contributed by atoms with Crippen molar-refractivity contribution in [3.63, 3.8) is 0 Å². The third kappa shape index (κ3) is 3.22. The topological polar surface area (TPSA) is 73.2 Å². The zero-order chi connectivity index (χ0) is 23.5. The molecule has 2 aromatic carbocycles. The molecule has 1 spiro atoms. The molecule has 0 atom stereocenters. The molecule has 4 heterocycles. The van der Waals surface area contributed by atoms with Gasteiger partial charge in [-0.3, -0.25) is 4.79 Å². The Kier molecular flexibility index (Phi) is 4.92. The molecule has 0 radical (unpaired) electrons. The molecule has 0 bridgehead atoms. The first-order valence-electron chi connectivity index (χ1n) is 11.4. The lowest BCUT2D eigenvalue weighted by molar-refractivity contribution is -0.185. The molecule has 0 unspecified atom stereocenters. The fourth-order valence-corrected chi connectivity index (χ4v) is 5.43. The van der Waals surface area contributed by atoms with Crippen LogP contribution >= 0.6 is 11.6 Å². The van der Waals surface area contributed by atoms with Crippen molar-refractivity contribution in [3.8, 4) is 17.2 Å². The summed E-state index contributed by atoms with van der Waals surface area (Å²) in [5.41, 5.74) is 1.68. The highest BCUT2D eigenvalue weighted by Crippen LogP contribution is 2.46. The number of aromatic nitrogens is 1. The Morgan fingerprint density at radius 2 is 1.91 bits per heavy atom. The number of nitrogens with zero attached hydrogens (tertiary/aromatic N) is 2. The Morgan fingerprint density at radius 3 is 2.62 bits per heavy atom. The van der Waals surface area contributed by atoms with E-state index in [2.05, 4.69) is 10.6 Å². The van der Waals surface area contributed by atoms with Crippen LogP contribution in [0, 0.1) is 0 Å². The number of rotatable bonds is 3. The molecule has 1 amide bonds. The van der Waals surface area contributed by atoms with Crippen LogP contribution in [0.4, 0.5) is 0 Å². The molecular weight excluding hydrogens is 456 g/mol. The lowest BCUT2D eigenvalue weighted by atomic mass is 9.86. The lowest BCUT2D eigenvalue weighted by Gasteiger charge is -2.45. The summed E-state index contributed by atoms with van der Waals surface area (Å²) in [6.45, 7) is 1.56. The summed E-state index contributed by atoms with van der Waals surface area (Å²) >= 11 is 6.24. The van der Waals surface area contributed by atoms with Crippen molar-refractivity contribution in [2.45, 2.75) is 24.0 Å². The van der Waals surface area contributed by atoms with Crippen LogP contribution in [0.25, 0.3) is 5.69 Å². The molecular formula is C26H25ClN2O5. The SMILES string of the molecule is COc1cc(C(=O)N2CCC3(CC2)Oc2cc(Cl)ccc2-n2cccc23)ccc1C1(O)COC1. The van der Waals surface area contributed by atoms with Crippen molar-refractivity contribution in [2.24, 2.45) is 0 Å². The van der Waals surface area contributed by atoms with Crippen molar-refractivity contribution >= 4 is 17.5 Å². The molecule has 1 N–H and O–H groups in total. The van der Waals surface area contributed by atoms with E-state index in [0.717, 1.165) is 17.1 Å². The van der Waals surface area contributed by atoms with E-state index in [1.165, 1.54) is 0 Å². The lowest BCUT2D eigenvalue weighted by Crippen LogP contribution is -2.50. The summed E-state index contributed by atoms with van der Waals surface area (Å²) in [4.78, 5) is 15.2. The summed E-state index contributed by atoms with van der Waals surface area (Å²) in [6.07, 6.45) is 3.38. The van der Waals surface area contributed by atoms with Crippen molar-refractivity contribution in [2.75, 3.05) is 33.4 Å². The van der Waals surface area contributed by atoms with E-state index in [1.54, 1.807) is 25.3 Å². The molecule has 6 rings (SSSR count). The van der Waals surface area contributed by atoms with E-state index in [-0.39, 0.29) is 19.1 Å². The summed E-state index contributed by atoms with van der Waals surface area (Å²) in [6, 6.07) is 15.0. The van der Waals surface area contributed by atoms with E-state index >= 15 is 0 Å². The number of amides is 1. The van der Waals surface area contributed by atoms with E-state index < -0.39 is 11.2 Å². The quantitative estimate of drug-likeness (QED) is 0.616. The fraction of sp³-hybridized carbons (Fsp3) is 0.346. The summed E-state index contributed by atoms with van der Waals surface area (Å²) < 4.78 is 19.4. The maximum atomic E-state index is 13.3. The third-order valence-electron chi connectivity index (χ3n) is 7.19. The van der Waals surface area contributed by atoms with Crippen LogP contribution < -0.4 is 9.47 Å². The molecule has 3 aromatic rings. The molecule has 0 saturated carbocycles. The number of halogens is 1. The second-order valence-corrected chi connectivity index (χ2v) is 9.64. The maximum absolute atomic E-state index is 13.3. The van der Waals surface area contributed by atoms with E-state index in [4.69, 9.17) is 25.8 Å². The zero-order valence-corrected chi connectivity index (χ0v) is 19.5. The minimum absolute atomic E-state index is 0.0637. The first-order valence-corrected chi connectivity index (χ1v) is 11.7. The molecule has 0 aliphatic carbocycles. The second kappa shape index (κ2) is 7.77. The van der Waals surface area contributed by atoms with E-state index in [0.29, 0.717) is 47.8 Å². The molecule has 1 aromatic heterocycles. The monoisotopic (exact) mass is 480 g/mol. The number of methoxy groups -OCH3 is 1. The molecule has 34 heavy (non-hydrogen) atoms. The van der Waals surface area contributed by atoms with Crippen LogP contribution in [0.2, 0.25) is 5.02 Å². The minimum atomic E-state index is -1.06. The Labute approximate surface area is 202 Å². The number of hydrogen-bond donors (Lipinski definition) is 1. The van der Waals surface area contributed by atoms with Crippen LogP contribution in [0.15, 0.2) is 54.7 Å². The van der Waals surface area contributed by atoms with Crippen LogP contribution in [-0.4, -0.2) is 53.9 Å². The summed E-state index contributed by atoms with van der Waals surface area (Å²) in [5.74, 6) is 1.19. The predicted molar refractivity (Wildman–Crippen MR) is 126 cm³/mol. The average molecular weight is 481 g/mol. The Balaban J connectivity index is 1.23. The molecule has 3 aliphatic rings. The van der Waals surface area contributed by atoms with Gasteiger partial charge in [-0.1, -0.05) is 17.7 Å². The fourth-order valence-electron chi connectivity index (χ4n) is 5.27. The van der Waals surface area contributed by atoms with Gasteiger partial charge in [0.05, 0.1) is 31.7 Å². The van der Waals surface area contributed by atoms with Gasteiger partial charge in [0.25, 0.3) is 5.91 Å². The van der Waals surface area contributed by atoms with Gasteiger partial charge in [-0.05, 0) is 36.4 Å². The number of carbonyl (C=O) groups excluding carboxylic acids is 1. The average Bonchev–Trinajstić information content (AvgIpc) is 3.33. The highest BCUT2D eigenvalue weighted by molar-refractivity contribution is 6.30. The summed E-state index contributed by atoms with van der Waals surface area (Å²) in [5, 5.41) is 11.3. The van der Waals surface area contributed by atoms with Gasteiger partial charge >= 0.3 is 0 Å². The van der Waals surface area contributed by atoms with Gasteiger partial charge in [-0.15, -0.1) is 0 Å². The number of hydrogen-bond acceptors (Lipinski definition) is 5. The van der Waals surface area contributed by atoms with Crippen LogP contribution in [0.5, 0.6) is 11.5 Å². The number of carbonyl (C=O) groups is 1.